The zero-order valence-corrected chi connectivity index (χ0v) is 14.9. The van der Waals surface area contributed by atoms with Crippen LogP contribution in [-0.4, -0.2) is 7.05 Å². The first-order chi connectivity index (χ1) is 10.6. The molecule has 0 fully saturated rings. The first-order valence-corrected chi connectivity index (χ1v) is 8.00. The van der Waals surface area contributed by atoms with Crippen molar-refractivity contribution in [1.29, 1.82) is 0 Å². The topological polar surface area (TPSA) is 24.1 Å². The molecule has 124 valence electrons. The molecule has 0 atom stereocenters. The predicted octanol–water partition coefficient (Wildman–Crippen LogP) is 5.32. The smallest absolute Gasteiger partial charge is 0.125 e. The quantitative estimate of drug-likeness (QED) is 0.798. The first kappa shape index (κ1) is 17.5. The molecule has 0 heterocycles. The van der Waals surface area contributed by atoms with Gasteiger partial charge in [0.05, 0.1) is 0 Å². The molecule has 2 aromatic carbocycles. The summed E-state index contributed by atoms with van der Waals surface area (Å²) in [6, 6.07) is 13.3. The summed E-state index contributed by atoms with van der Waals surface area (Å²) in [4.78, 5) is 0. The van der Waals surface area contributed by atoms with Gasteiger partial charge in [0.15, 0.2) is 0 Å². The molecule has 0 amide bonds. The van der Waals surface area contributed by atoms with Crippen molar-refractivity contribution in [2.75, 3.05) is 12.4 Å². The molecule has 2 aromatic rings. The van der Waals surface area contributed by atoms with Crippen molar-refractivity contribution in [2.45, 2.75) is 45.6 Å². The third-order valence-corrected chi connectivity index (χ3v) is 4.27. The van der Waals surface area contributed by atoms with E-state index >= 15 is 0 Å². The van der Waals surface area contributed by atoms with Crippen LogP contribution in [0.25, 0.3) is 0 Å². The predicted molar refractivity (Wildman–Crippen MR) is 96.9 cm³/mol. The molecule has 0 saturated carbocycles. The molecule has 0 saturated heterocycles. The van der Waals surface area contributed by atoms with Crippen LogP contribution in [0.1, 0.15) is 45.7 Å². The van der Waals surface area contributed by atoms with E-state index in [0.717, 1.165) is 22.5 Å². The molecule has 0 unspecified atom stereocenters. The normalized spacial score (nSPS) is 12.3. The minimum Gasteiger partial charge on any atom is -0.355 e. The van der Waals surface area contributed by atoms with E-state index in [1.54, 1.807) is 12.1 Å². The van der Waals surface area contributed by atoms with Crippen molar-refractivity contribution in [3.05, 3.63) is 59.4 Å². The van der Waals surface area contributed by atoms with Gasteiger partial charge in [-0.2, -0.15) is 0 Å². The lowest BCUT2D eigenvalue weighted by Gasteiger charge is -2.28. The summed E-state index contributed by atoms with van der Waals surface area (Å²) in [5, 5.41) is 6.70. The Labute approximate surface area is 139 Å². The van der Waals surface area contributed by atoms with E-state index in [2.05, 4.69) is 51.3 Å². The van der Waals surface area contributed by atoms with Gasteiger partial charge in [-0.25, -0.2) is 4.39 Å². The van der Waals surface area contributed by atoms with Gasteiger partial charge < -0.3 is 10.6 Å². The second kappa shape index (κ2) is 6.32. The monoisotopic (exact) mass is 314 g/mol. The largest absolute Gasteiger partial charge is 0.355 e. The van der Waals surface area contributed by atoms with Crippen LogP contribution in [0.4, 0.5) is 15.8 Å². The van der Waals surface area contributed by atoms with Gasteiger partial charge in [-0.3, -0.25) is 0 Å². The average Bonchev–Trinajstić information content (AvgIpc) is 2.46. The molecular weight excluding hydrogens is 287 g/mol. The van der Waals surface area contributed by atoms with E-state index < -0.39 is 0 Å². The fraction of sp³-hybridized carbons (Fsp3) is 0.400. The van der Waals surface area contributed by atoms with Crippen LogP contribution in [0, 0.1) is 5.82 Å². The average molecular weight is 314 g/mol. The first-order valence-electron chi connectivity index (χ1n) is 8.00. The lowest BCUT2D eigenvalue weighted by atomic mass is 9.86. The maximum absolute atomic E-state index is 14.0. The third kappa shape index (κ3) is 4.11. The Hall–Kier alpha value is -1.87. The minimum atomic E-state index is -0.217. The van der Waals surface area contributed by atoms with E-state index in [4.69, 9.17) is 0 Å². The highest BCUT2D eigenvalue weighted by molar-refractivity contribution is 5.65. The Morgan fingerprint density at radius 3 is 2.17 bits per heavy atom. The Balaban J connectivity index is 2.43. The van der Waals surface area contributed by atoms with Crippen molar-refractivity contribution in [3.63, 3.8) is 0 Å². The molecule has 23 heavy (non-hydrogen) atoms. The van der Waals surface area contributed by atoms with Crippen LogP contribution in [-0.2, 0) is 11.0 Å². The maximum Gasteiger partial charge on any atom is 0.125 e. The molecule has 0 aliphatic heterocycles. The second-order valence-corrected chi connectivity index (χ2v) is 7.52. The Morgan fingerprint density at radius 1 is 0.913 bits per heavy atom. The van der Waals surface area contributed by atoms with E-state index in [0.29, 0.717) is 0 Å². The van der Waals surface area contributed by atoms with Crippen LogP contribution in [0.15, 0.2) is 42.5 Å². The van der Waals surface area contributed by atoms with E-state index in [1.807, 2.05) is 31.3 Å². The Morgan fingerprint density at radius 2 is 1.57 bits per heavy atom. The number of nitrogens with one attached hydrogen (secondary N) is 2. The molecule has 0 aliphatic rings. The zero-order valence-electron chi connectivity index (χ0n) is 14.9. The van der Waals surface area contributed by atoms with Crippen LogP contribution < -0.4 is 10.6 Å². The molecule has 2 N–H and O–H groups in total. The highest BCUT2D eigenvalue weighted by Crippen LogP contribution is 2.32. The number of hydrogen-bond acceptors (Lipinski definition) is 2. The van der Waals surface area contributed by atoms with Gasteiger partial charge in [-0.1, -0.05) is 39.0 Å². The van der Waals surface area contributed by atoms with E-state index in [1.165, 1.54) is 0 Å². The summed E-state index contributed by atoms with van der Waals surface area (Å²) in [6.07, 6.45) is 0. The fourth-order valence-electron chi connectivity index (χ4n) is 2.52. The standard InChI is InChI=1S/C20H27FN2/c1-19(2,3)14-11-15(21)13-16(12-14)23-18-10-8-7-9-17(18)20(4,5)22-6/h7-13,22-23H,1-6H3. The van der Waals surface area contributed by atoms with Gasteiger partial charge in [0.2, 0.25) is 0 Å². The van der Waals surface area contributed by atoms with Crippen LogP contribution in [0.2, 0.25) is 0 Å². The molecule has 0 radical (unpaired) electrons. The van der Waals surface area contributed by atoms with E-state index in [-0.39, 0.29) is 16.8 Å². The fourth-order valence-corrected chi connectivity index (χ4v) is 2.52. The molecule has 0 spiro atoms. The van der Waals surface area contributed by atoms with Gasteiger partial charge >= 0.3 is 0 Å². The SMILES string of the molecule is CNC(C)(C)c1ccccc1Nc1cc(F)cc(C(C)(C)C)c1. The highest BCUT2D eigenvalue weighted by atomic mass is 19.1. The molecule has 0 aliphatic carbocycles. The van der Waals surface area contributed by atoms with Crippen molar-refractivity contribution in [3.8, 4) is 0 Å². The number of rotatable bonds is 4. The van der Waals surface area contributed by atoms with Gasteiger partial charge in [-0.15, -0.1) is 0 Å². The molecule has 3 heteroatoms. The number of hydrogen-bond donors (Lipinski definition) is 2. The number of halogens is 1. The lowest BCUT2D eigenvalue weighted by Crippen LogP contribution is -2.33. The third-order valence-electron chi connectivity index (χ3n) is 4.27. The molecular formula is C20H27FN2. The van der Waals surface area contributed by atoms with Crippen molar-refractivity contribution in [1.82, 2.24) is 5.32 Å². The van der Waals surface area contributed by atoms with Gasteiger partial charge in [-0.05, 0) is 61.7 Å². The van der Waals surface area contributed by atoms with Crippen molar-refractivity contribution in [2.24, 2.45) is 0 Å². The number of anilines is 2. The highest BCUT2D eigenvalue weighted by Gasteiger charge is 2.21. The summed E-state index contributed by atoms with van der Waals surface area (Å²) >= 11 is 0. The van der Waals surface area contributed by atoms with Crippen molar-refractivity contribution >= 4 is 11.4 Å². The van der Waals surface area contributed by atoms with Crippen molar-refractivity contribution < 1.29 is 4.39 Å². The lowest BCUT2D eigenvalue weighted by molar-refractivity contribution is 0.446. The summed E-state index contributed by atoms with van der Waals surface area (Å²) in [7, 11) is 1.94. The van der Waals surface area contributed by atoms with Gasteiger partial charge in [0, 0.05) is 16.9 Å². The van der Waals surface area contributed by atoms with E-state index in [9.17, 15) is 4.39 Å². The Bertz CT molecular complexity index is 684. The number of para-hydroxylation sites is 1. The molecule has 2 nitrogen and oxygen atoms in total. The maximum atomic E-state index is 14.0. The van der Waals surface area contributed by atoms with Gasteiger partial charge in [0.1, 0.15) is 5.82 Å². The zero-order chi connectivity index (χ0) is 17.3. The van der Waals surface area contributed by atoms with Crippen LogP contribution in [0.5, 0.6) is 0 Å². The minimum absolute atomic E-state index is 0.0949. The molecule has 0 bridgehead atoms. The van der Waals surface area contributed by atoms with Crippen LogP contribution in [0.3, 0.4) is 0 Å². The van der Waals surface area contributed by atoms with Gasteiger partial charge in [0.25, 0.3) is 0 Å². The molecule has 0 aromatic heterocycles. The number of benzene rings is 2. The summed E-state index contributed by atoms with van der Waals surface area (Å²) in [5.74, 6) is -0.217. The Kier molecular flexibility index (Phi) is 4.81. The van der Waals surface area contributed by atoms with Crippen LogP contribution >= 0.6 is 0 Å². The second-order valence-electron chi connectivity index (χ2n) is 7.52. The molecule has 2 rings (SSSR count). The summed E-state index contributed by atoms with van der Waals surface area (Å²) in [6.45, 7) is 10.5. The summed E-state index contributed by atoms with van der Waals surface area (Å²) in [5.41, 5.74) is 3.60. The summed E-state index contributed by atoms with van der Waals surface area (Å²) < 4.78 is 14.0.